The molecule has 2 rings (SSSR count). The average Bonchev–Trinajstić information content (AvgIpc) is 2.45. The second-order valence-corrected chi connectivity index (χ2v) is 5.55. The monoisotopic (exact) mass is 291 g/mol. The number of hydrogen-bond acceptors (Lipinski definition) is 3. The summed E-state index contributed by atoms with van der Waals surface area (Å²) < 4.78 is 5.17. The number of aliphatic carboxylic acids is 1. The van der Waals surface area contributed by atoms with Gasteiger partial charge in [-0.25, -0.2) is 4.79 Å². The molecule has 21 heavy (non-hydrogen) atoms. The van der Waals surface area contributed by atoms with Gasteiger partial charge in [0.15, 0.2) is 0 Å². The number of amides is 1. The number of carbonyl (C=O) groups excluding carboxylic acids is 1. The highest BCUT2D eigenvalue weighted by molar-refractivity contribution is 5.73. The fourth-order valence-corrected chi connectivity index (χ4v) is 2.74. The van der Waals surface area contributed by atoms with Gasteiger partial charge >= 0.3 is 12.1 Å². The lowest BCUT2D eigenvalue weighted by molar-refractivity contribution is -0.143. The zero-order chi connectivity index (χ0) is 15.2. The first-order chi connectivity index (χ1) is 10.1. The molecular formula is C16H21NO4. The molecule has 1 aromatic carbocycles. The summed E-state index contributed by atoms with van der Waals surface area (Å²) in [5, 5.41) is 11.9. The van der Waals surface area contributed by atoms with Gasteiger partial charge in [0.25, 0.3) is 0 Å². The number of hydrogen-bond donors (Lipinski definition) is 2. The smallest absolute Gasteiger partial charge is 0.407 e. The van der Waals surface area contributed by atoms with Crippen LogP contribution in [0.2, 0.25) is 0 Å². The highest BCUT2D eigenvalue weighted by atomic mass is 16.5. The SMILES string of the molecule is Cc1cccc(COC(=O)N[C@@H]2CCCC[C@H]2C(=O)O)c1. The Morgan fingerprint density at radius 2 is 2.10 bits per heavy atom. The molecule has 0 radical (unpaired) electrons. The van der Waals surface area contributed by atoms with Crippen molar-refractivity contribution in [1.82, 2.24) is 5.32 Å². The summed E-state index contributed by atoms with van der Waals surface area (Å²) in [7, 11) is 0. The quantitative estimate of drug-likeness (QED) is 0.894. The van der Waals surface area contributed by atoms with E-state index in [1.807, 2.05) is 31.2 Å². The van der Waals surface area contributed by atoms with Gasteiger partial charge in [-0.05, 0) is 25.3 Å². The lowest BCUT2D eigenvalue weighted by atomic mass is 9.85. The summed E-state index contributed by atoms with van der Waals surface area (Å²) in [6.45, 7) is 2.17. The maximum atomic E-state index is 11.8. The lowest BCUT2D eigenvalue weighted by Gasteiger charge is -2.28. The van der Waals surface area contributed by atoms with Crippen LogP contribution in [-0.4, -0.2) is 23.2 Å². The largest absolute Gasteiger partial charge is 0.481 e. The molecule has 0 spiro atoms. The maximum absolute atomic E-state index is 11.8. The van der Waals surface area contributed by atoms with Crippen molar-refractivity contribution < 1.29 is 19.4 Å². The number of ether oxygens (including phenoxy) is 1. The third-order valence-electron chi connectivity index (χ3n) is 3.84. The zero-order valence-electron chi connectivity index (χ0n) is 12.2. The van der Waals surface area contributed by atoms with Crippen molar-refractivity contribution in [3.05, 3.63) is 35.4 Å². The minimum Gasteiger partial charge on any atom is -0.481 e. The molecule has 0 aliphatic heterocycles. The van der Waals surface area contributed by atoms with Gasteiger partial charge in [-0.15, -0.1) is 0 Å². The van der Waals surface area contributed by atoms with E-state index in [0.29, 0.717) is 12.8 Å². The molecule has 5 heteroatoms. The van der Waals surface area contributed by atoms with Crippen LogP contribution in [0.4, 0.5) is 4.79 Å². The van der Waals surface area contributed by atoms with Crippen molar-refractivity contribution in [1.29, 1.82) is 0 Å². The van der Waals surface area contributed by atoms with Gasteiger partial charge in [0.1, 0.15) is 6.61 Å². The topological polar surface area (TPSA) is 75.6 Å². The van der Waals surface area contributed by atoms with Crippen LogP contribution in [0.3, 0.4) is 0 Å². The van der Waals surface area contributed by atoms with Crippen molar-refractivity contribution in [2.45, 2.75) is 45.3 Å². The van der Waals surface area contributed by atoms with E-state index in [4.69, 9.17) is 9.84 Å². The molecule has 2 atom stereocenters. The van der Waals surface area contributed by atoms with Crippen LogP contribution in [-0.2, 0) is 16.1 Å². The van der Waals surface area contributed by atoms with Gasteiger partial charge in [-0.1, -0.05) is 42.7 Å². The van der Waals surface area contributed by atoms with Gasteiger partial charge in [0, 0.05) is 6.04 Å². The molecule has 0 bridgehead atoms. The van der Waals surface area contributed by atoms with Gasteiger partial charge in [0.05, 0.1) is 5.92 Å². The molecule has 1 amide bonds. The van der Waals surface area contributed by atoms with Crippen LogP contribution in [0.1, 0.15) is 36.8 Å². The van der Waals surface area contributed by atoms with Crippen molar-refractivity contribution in [3.8, 4) is 0 Å². The minimum absolute atomic E-state index is 0.192. The molecular weight excluding hydrogens is 270 g/mol. The van der Waals surface area contributed by atoms with E-state index in [1.54, 1.807) is 0 Å². The van der Waals surface area contributed by atoms with E-state index in [2.05, 4.69) is 5.32 Å². The Kier molecular flexibility index (Phi) is 5.20. The van der Waals surface area contributed by atoms with E-state index >= 15 is 0 Å². The molecule has 0 heterocycles. The standard InChI is InChI=1S/C16H21NO4/c1-11-5-4-6-12(9-11)10-21-16(20)17-14-8-3-2-7-13(14)15(18)19/h4-6,9,13-14H,2-3,7-8,10H2,1H3,(H,17,20)(H,18,19)/t13-,14-/m1/s1. The number of nitrogens with one attached hydrogen (secondary N) is 1. The lowest BCUT2D eigenvalue weighted by Crippen LogP contribution is -2.45. The Labute approximate surface area is 124 Å². The molecule has 0 saturated heterocycles. The molecule has 1 aliphatic carbocycles. The number of rotatable bonds is 4. The van der Waals surface area contributed by atoms with E-state index in [-0.39, 0.29) is 12.6 Å². The van der Waals surface area contributed by atoms with Gasteiger partial charge in [-0.2, -0.15) is 0 Å². The van der Waals surface area contributed by atoms with Crippen molar-refractivity contribution in [2.24, 2.45) is 5.92 Å². The van der Waals surface area contributed by atoms with Gasteiger partial charge in [-0.3, -0.25) is 4.79 Å². The van der Waals surface area contributed by atoms with Crippen molar-refractivity contribution in [3.63, 3.8) is 0 Å². The average molecular weight is 291 g/mol. The second kappa shape index (κ2) is 7.11. The maximum Gasteiger partial charge on any atom is 0.407 e. The molecule has 1 aromatic rings. The van der Waals surface area contributed by atoms with E-state index in [0.717, 1.165) is 24.0 Å². The summed E-state index contributed by atoms with van der Waals surface area (Å²) in [6, 6.07) is 7.40. The van der Waals surface area contributed by atoms with Gasteiger partial charge in [0.2, 0.25) is 0 Å². The second-order valence-electron chi connectivity index (χ2n) is 5.55. The number of benzene rings is 1. The molecule has 1 aliphatic rings. The summed E-state index contributed by atoms with van der Waals surface area (Å²) >= 11 is 0. The normalized spacial score (nSPS) is 21.6. The van der Waals surface area contributed by atoms with Crippen LogP contribution in [0.15, 0.2) is 24.3 Å². The molecule has 5 nitrogen and oxygen atoms in total. The third kappa shape index (κ3) is 4.48. The molecule has 0 unspecified atom stereocenters. The van der Waals surface area contributed by atoms with Crippen molar-refractivity contribution in [2.75, 3.05) is 0 Å². The van der Waals surface area contributed by atoms with Crippen LogP contribution < -0.4 is 5.32 Å². The summed E-state index contributed by atoms with van der Waals surface area (Å²) in [4.78, 5) is 23.0. The summed E-state index contributed by atoms with van der Waals surface area (Å²) in [5.74, 6) is -1.36. The third-order valence-corrected chi connectivity index (χ3v) is 3.84. The highest BCUT2D eigenvalue weighted by Gasteiger charge is 2.32. The highest BCUT2D eigenvalue weighted by Crippen LogP contribution is 2.24. The van der Waals surface area contributed by atoms with Crippen LogP contribution in [0.25, 0.3) is 0 Å². The van der Waals surface area contributed by atoms with Crippen LogP contribution in [0.5, 0.6) is 0 Å². The predicted molar refractivity (Wildman–Crippen MR) is 77.9 cm³/mol. The fraction of sp³-hybridized carbons (Fsp3) is 0.500. The number of aryl methyl sites for hydroxylation is 1. The van der Waals surface area contributed by atoms with E-state index in [1.165, 1.54) is 0 Å². The first kappa shape index (κ1) is 15.4. The Morgan fingerprint density at radius 1 is 1.33 bits per heavy atom. The fourth-order valence-electron chi connectivity index (χ4n) is 2.74. The number of carbonyl (C=O) groups is 2. The number of carboxylic acids is 1. The molecule has 1 fully saturated rings. The van der Waals surface area contributed by atoms with Crippen LogP contribution >= 0.6 is 0 Å². The number of carboxylic acid groups (broad SMARTS) is 1. The Morgan fingerprint density at radius 3 is 2.81 bits per heavy atom. The Hall–Kier alpha value is -2.04. The van der Waals surface area contributed by atoms with E-state index in [9.17, 15) is 9.59 Å². The molecule has 114 valence electrons. The number of alkyl carbamates (subject to hydrolysis) is 1. The van der Waals surface area contributed by atoms with Crippen molar-refractivity contribution >= 4 is 12.1 Å². The first-order valence-electron chi connectivity index (χ1n) is 7.28. The van der Waals surface area contributed by atoms with E-state index < -0.39 is 18.0 Å². The summed E-state index contributed by atoms with van der Waals surface area (Å²) in [6.07, 6.45) is 2.59. The summed E-state index contributed by atoms with van der Waals surface area (Å²) in [5.41, 5.74) is 2.03. The molecule has 2 N–H and O–H groups in total. The molecule has 1 saturated carbocycles. The Bertz CT molecular complexity index is 515. The Balaban J connectivity index is 1.84. The minimum atomic E-state index is -0.848. The van der Waals surface area contributed by atoms with Crippen LogP contribution in [0, 0.1) is 12.8 Å². The molecule has 0 aromatic heterocycles. The zero-order valence-corrected chi connectivity index (χ0v) is 12.2. The first-order valence-corrected chi connectivity index (χ1v) is 7.28. The predicted octanol–water partition coefficient (Wildman–Crippen LogP) is 2.86. The van der Waals surface area contributed by atoms with Gasteiger partial charge < -0.3 is 15.2 Å².